The van der Waals surface area contributed by atoms with E-state index in [1.165, 1.54) is 0 Å². The second-order valence-electron chi connectivity index (χ2n) is 2.62. The molecule has 0 aliphatic rings. The molecule has 1 aromatic carbocycles. The number of aldehydes is 1. The fourth-order valence-corrected chi connectivity index (χ4v) is 1.15. The average Bonchev–Trinajstić information content (AvgIpc) is 2.14. The maximum atomic E-state index is 12.2. The first-order valence-corrected chi connectivity index (χ1v) is 4.26. The molecule has 0 saturated carbocycles. The van der Waals surface area contributed by atoms with Crippen LogP contribution in [0.25, 0.3) is 0 Å². The molecule has 0 aliphatic carbocycles. The topological polar surface area (TPSA) is 26.3 Å². The Labute approximate surface area is 88.6 Å². The van der Waals surface area contributed by atoms with Crippen LogP contribution in [-0.4, -0.2) is 12.9 Å². The smallest absolute Gasteiger partial charge is 0.416 e. The molecule has 0 aromatic heterocycles. The molecule has 1 aromatic rings. The van der Waals surface area contributed by atoms with Crippen molar-refractivity contribution in [1.29, 1.82) is 0 Å². The normalized spacial score (nSPS) is 11.2. The van der Waals surface area contributed by atoms with Crippen LogP contribution in [0.4, 0.5) is 13.2 Å². The highest BCUT2D eigenvalue weighted by molar-refractivity contribution is 6.32. The molecular formula is C9H6ClF3O2. The average molecular weight is 239 g/mol. The number of carbonyl (C=O) groups is 1. The third-order valence-electron chi connectivity index (χ3n) is 1.57. The molecule has 2 nitrogen and oxygen atoms in total. The van der Waals surface area contributed by atoms with Gasteiger partial charge in [-0.15, -0.1) is 0 Å². The molecule has 0 aliphatic heterocycles. The summed E-state index contributed by atoms with van der Waals surface area (Å²) in [6.07, 6.45) is -3.96. The summed E-state index contributed by atoms with van der Waals surface area (Å²) in [6, 6.07) is 2.67. The fraction of sp³-hybridized carbons (Fsp3) is 0.222. The maximum Gasteiger partial charge on any atom is 0.416 e. The third kappa shape index (κ3) is 3.13. The van der Waals surface area contributed by atoms with Crippen LogP contribution in [0.3, 0.4) is 0 Å². The maximum absolute atomic E-state index is 12.2. The molecule has 82 valence electrons. The van der Waals surface area contributed by atoms with E-state index in [9.17, 15) is 18.0 Å². The summed E-state index contributed by atoms with van der Waals surface area (Å²) < 4.78 is 41.4. The van der Waals surface area contributed by atoms with E-state index in [0.717, 1.165) is 18.2 Å². The molecule has 6 heteroatoms. The van der Waals surface area contributed by atoms with Gasteiger partial charge in [0.25, 0.3) is 0 Å². The molecule has 1 rings (SSSR count). The summed E-state index contributed by atoms with van der Waals surface area (Å²) in [4.78, 5) is 9.97. The van der Waals surface area contributed by atoms with Gasteiger partial charge in [-0.1, -0.05) is 11.6 Å². The molecule has 0 amide bonds. The number of alkyl halides is 3. The van der Waals surface area contributed by atoms with Crippen molar-refractivity contribution < 1.29 is 22.7 Å². The van der Waals surface area contributed by atoms with Gasteiger partial charge in [0.1, 0.15) is 12.4 Å². The van der Waals surface area contributed by atoms with E-state index < -0.39 is 11.7 Å². The van der Waals surface area contributed by atoms with Crippen molar-refractivity contribution in [3.8, 4) is 5.75 Å². The highest BCUT2D eigenvalue weighted by Crippen LogP contribution is 2.34. The summed E-state index contributed by atoms with van der Waals surface area (Å²) in [7, 11) is 0. The van der Waals surface area contributed by atoms with Crippen molar-refractivity contribution in [3.63, 3.8) is 0 Å². The minimum absolute atomic E-state index is 0.0526. The SMILES string of the molecule is O=CCOc1ccc(C(F)(F)F)cc1Cl. The Morgan fingerprint density at radius 2 is 2.07 bits per heavy atom. The number of halogens is 4. The lowest BCUT2D eigenvalue weighted by Gasteiger charge is -2.09. The summed E-state index contributed by atoms with van der Waals surface area (Å²) in [6.45, 7) is -0.245. The zero-order valence-corrected chi connectivity index (χ0v) is 8.10. The number of rotatable bonds is 3. The lowest BCUT2D eigenvalue weighted by molar-refractivity contribution is -0.137. The van der Waals surface area contributed by atoms with Gasteiger partial charge in [0.05, 0.1) is 10.6 Å². The highest BCUT2D eigenvalue weighted by Gasteiger charge is 2.30. The van der Waals surface area contributed by atoms with Gasteiger partial charge in [-0.25, -0.2) is 0 Å². The van der Waals surface area contributed by atoms with Crippen LogP contribution in [0.1, 0.15) is 5.56 Å². The Kier molecular flexibility index (Phi) is 3.57. The van der Waals surface area contributed by atoms with E-state index >= 15 is 0 Å². The lowest BCUT2D eigenvalue weighted by atomic mass is 10.2. The van der Waals surface area contributed by atoms with Crippen molar-refractivity contribution in [2.75, 3.05) is 6.61 Å². The summed E-state index contributed by atoms with van der Waals surface area (Å²) in [5.41, 5.74) is -0.856. The number of hydrogen-bond donors (Lipinski definition) is 0. The van der Waals surface area contributed by atoms with Crippen molar-refractivity contribution in [2.45, 2.75) is 6.18 Å². The third-order valence-corrected chi connectivity index (χ3v) is 1.86. The second-order valence-corrected chi connectivity index (χ2v) is 3.03. The van der Waals surface area contributed by atoms with Crippen LogP contribution in [0, 0.1) is 0 Å². The van der Waals surface area contributed by atoms with Crippen molar-refractivity contribution in [1.82, 2.24) is 0 Å². The van der Waals surface area contributed by atoms with Crippen LogP contribution in [0.5, 0.6) is 5.75 Å². The standard InChI is InChI=1S/C9H6ClF3O2/c10-7-5-6(9(11,12)13)1-2-8(7)15-4-3-14/h1-3,5H,4H2. The molecule has 0 spiro atoms. The molecular weight excluding hydrogens is 233 g/mol. The van der Waals surface area contributed by atoms with Gasteiger partial charge >= 0.3 is 6.18 Å². The van der Waals surface area contributed by atoms with Crippen LogP contribution in [-0.2, 0) is 11.0 Å². The minimum atomic E-state index is -4.44. The highest BCUT2D eigenvalue weighted by atomic mass is 35.5. The first-order valence-electron chi connectivity index (χ1n) is 3.88. The van der Waals surface area contributed by atoms with E-state index in [1.807, 2.05) is 0 Å². The molecule has 0 saturated heterocycles. The van der Waals surface area contributed by atoms with E-state index in [1.54, 1.807) is 0 Å². The number of hydrogen-bond acceptors (Lipinski definition) is 2. The molecule has 0 radical (unpaired) electrons. The second kappa shape index (κ2) is 4.53. The molecule has 0 fully saturated rings. The first kappa shape index (κ1) is 11.8. The number of ether oxygens (including phenoxy) is 1. The quantitative estimate of drug-likeness (QED) is 0.757. The van der Waals surface area contributed by atoms with Crippen LogP contribution in [0.15, 0.2) is 18.2 Å². The van der Waals surface area contributed by atoms with Gasteiger partial charge in [-0.05, 0) is 18.2 Å². The number of carbonyl (C=O) groups excluding carboxylic acids is 1. The molecule has 0 N–H and O–H groups in total. The van der Waals surface area contributed by atoms with Crippen LogP contribution >= 0.6 is 11.6 Å². The van der Waals surface area contributed by atoms with E-state index in [2.05, 4.69) is 0 Å². The van der Waals surface area contributed by atoms with Crippen molar-refractivity contribution in [2.24, 2.45) is 0 Å². The monoisotopic (exact) mass is 238 g/mol. The Balaban J connectivity index is 2.93. The Hall–Kier alpha value is -1.23. The van der Waals surface area contributed by atoms with E-state index in [0.29, 0.717) is 6.29 Å². The zero-order chi connectivity index (χ0) is 11.5. The van der Waals surface area contributed by atoms with E-state index in [4.69, 9.17) is 16.3 Å². The van der Waals surface area contributed by atoms with E-state index in [-0.39, 0.29) is 17.4 Å². The fourth-order valence-electron chi connectivity index (χ4n) is 0.918. The Morgan fingerprint density at radius 1 is 1.40 bits per heavy atom. The van der Waals surface area contributed by atoms with Gasteiger partial charge in [0, 0.05) is 0 Å². The summed E-state index contributed by atoms with van der Waals surface area (Å²) in [5, 5.41) is -0.174. The van der Waals surface area contributed by atoms with Crippen molar-refractivity contribution >= 4 is 17.9 Å². The zero-order valence-electron chi connectivity index (χ0n) is 7.34. The van der Waals surface area contributed by atoms with Gasteiger partial charge in [0.15, 0.2) is 6.29 Å². The molecule has 0 bridgehead atoms. The van der Waals surface area contributed by atoms with Crippen LogP contribution < -0.4 is 4.74 Å². The first-order chi connectivity index (χ1) is 6.95. The summed E-state index contributed by atoms with van der Waals surface area (Å²) in [5.74, 6) is 0.0526. The minimum Gasteiger partial charge on any atom is -0.485 e. The predicted octanol–water partition coefficient (Wildman–Crippen LogP) is 2.94. The van der Waals surface area contributed by atoms with Gasteiger partial charge < -0.3 is 4.74 Å². The Bertz CT molecular complexity index is 363. The predicted molar refractivity (Wildman–Crippen MR) is 48.0 cm³/mol. The Morgan fingerprint density at radius 3 is 2.53 bits per heavy atom. The molecule has 0 heterocycles. The molecule has 0 atom stereocenters. The van der Waals surface area contributed by atoms with Gasteiger partial charge in [-0.3, -0.25) is 4.79 Å². The molecule has 15 heavy (non-hydrogen) atoms. The lowest BCUT2D eigenvalue weighted by Crippen LogP contribution is -2.05. The van der Waals surface area contributed by atoms with Gasteiger partial charge in [-0.2, -0.15) is 13.2 Å². The van der Waals surface area contributed by atoms with Crippen molar-refractivity contribution in [3.05, 3.63) is 28.8 Å². The van der Waals surface area contributed by atoms with Gasteiger partial charge in [0.2, 0.25) is 0 Å². The largest absolute Gasteiger partial charge is 0.485 e. The molecule has 0 unspecified atom stereocenters. The van der Waals surface area contributed by atoms with Crippen LogP contribution in [0.2, 0.25) is 5.02 Å². The summed E-state index contributed by atoms with van der Waals surface area (Å²) >= 11 is 5.53. The number of benzene rings is 1.